The summed E-state index contributed by atoms with van der Waals surface area (Å²) in [6.07, 6.45) is 5.89. The lowest BCUT2D eigenvalue weighted by molar-refractivity contribution is 0.191. The van der Waals surface area contributed by atoms with Crippen LogP contribution in [0.25, 0.3) is 0 Å². The minimum Gasteiger partial charge on any atom is -0.325 e. The molecule has 0 saturated heterocycles. The van der Waals surface area contributed by atoms with Crippen molar-refractivity contribution in [1.82, 2.24) is 0 Å². The third-order valence-electron chi connectivity index (χ3n) is 4.45. The molecule has 0 spiro atoms. The van der Waals surface area contributed by atoms with Gasteiger partial charge in [0, 0.05) is 5.54 Å². The molecule has 0 aromatic heterocycles. The second-order valence-corrected chi connectivity index (χ2v) is 6.27. The van der Waals surface area contributed by atoms with Crippen LogP contribution in [0.1, 0.15) is 45.1 Å². The molecule has 2 heteroatoms. The van der Waals surface area contributed by atoms with Crippen LogP contribution in [0, 0.1) is 17.7 Å². The summed E-state index contributed by atoms with van der Waals surface area (Å²) in [6, 6.07) is 6.75. The fourth-order valence-corrected chi connectivity index (χ4v) is 3.11. The van der Waals surface area contributed by atoms with Gasteiger partial charge >= 0.3 is 0 Å². The molecule has 1 aromatic carbocycles. The molecule has 100 valence electrons. The first-order valence-corrected chi connectivity index (χ1v) is 7.01. The minimum absolute atomic E-state index is 0.169. The molecule has 1 nitrogen and oxygen atoms in total. The highest BCUT2D eigenvalue weighted by molar-refractivity contribution is 5.19. The predicted octanol–water partition coefficient (Wildman–Crippen LogP) is 3.91. The van der Waals surface area contributed by atoms with E-state index in [1.54, 1.807) is 0 Å². The number of benzene rings is 1. The molecule has 1 saturated carbocycles. The van der Waals surface area contributed by atoms with Gasteiger partial charge in [0.15, 0.2) is 0 Å². The van der Waals surface area contributed by atoms with Crippen LogP contribution in [0.3, 0.4) is 0 Å². The molecule has 0 radical (unpaired) electrons. The Labute approximate surface area is 110 Å². The maximum atomic E-state index is 12.9. The molecule has 1 fully saturated rings. The summed E-state index contributed by atoms with van der Waals surface area (Å²) in [5, 5.41) is 0. The smallest absolute Gasteiger partial charge is 0.123 e. The Hall–Kier alpha value is -0.890. The van der Waals surface area contributed by atoms with Crippen molar-refractivity contribution in [2.24, 2.45) is 17.6 Å². The fraction of sp³-hybridized carbons (Fsp3) is 0.625. The monoisotopic (exact) mass is 249 g/mol. The zero-order valence-corrected chi connectivity index (χ0v) is 11.5. The molecule has 2 N–H and O–H groups in total. The van der Waals surface area contributed by atoms with Gasteiger partial charge in [-0.25, -0.2) is 4.39 Å². The first-order valence-electron chi connectivity index (χ1n) is 7.01. The molecular formula is C16H24FN. The average molecular weight is 249 g/mol. The van der Waals surface area contributed by atoms with Crippen LogP contribution in [0.15, 0.2) is 24.3 Å². The zero-order valence-electron chi connectivity index (χ0n) is 11.5. The van der Waals surface area contributed by atoms with Gasteiger partial charge in [0.05, 0.1) is 0 Å². The molecule has 1 unspecified atom stereocenters. The van der Waals surface area contributed by atoms with Crippen molar-refractivity contribution in [3.8, 4) is 0 Å². The van der Waals surface area contributed by atoms with Gasteiger partial charge in [-0.2, -0.15) is 0 Å². The highest BCUT2D eigenvalue weighted by atomic mass is 19.1. The van der Waals surface area contributed by atoms with Gasteiger partial charge in [-0.3, -0.25) is 0 Å². The van der Waals surface area contributed by atoms with Crippen LogP contribution in [0.4, 0.5) is 4.39 Å². The molecular weight excluding hydrogens is 225 g/mol. The molecule has 18 heavy (non-hydrogen) atoms. The summed E-state index contributed by atoms with van der Waals surface area (Å²) >= 11 is 0. The standard InChI is InChI=1S/C16H24FN/c1-12-3-7-14(8-4-12)16(2,18)11-13-5-9-15(17)10-6-13/h5-6,9-10,12,14H,3-4,7-8,11,18H2,1-2H3. The van der Waals surface area contributed by atoms with E-state index in [4.69, 9.17) is 5.73 Å². The highest BCUT2D eigenvalue weighted by Gasteiger charge is 2.32. The van der Waals surface area contributed by atoms with Crippen LogP contribution in [-0.4, -0.2) is 5.54 Å². The lowest BCUT2D eigenvalue weighted by Crippen LogP contribution is -2.47. The first-order chi connectivity index (χ1) is 8.47. The van der Waals surface area contributed by atoms with Crippen molar-refractivity contribution >= 4 is 0 Å². The van der Waals surface area contributed by atoms with Crippen molar-refractivity contribution in [2.75, 3.05) is 0 Å². The lowest BCUT2D eigenvalue weighted by atomic mass is 9.71. The van der Waals surface area contributed by atoms with E-state index < -0.39 is 0 Å². The van der Waals surface area contributed by atoms with E-state index in [9.17, 15) is 4.39 Å². The Bertz CT molecular complexity index is 375. The summed E-state index contributed by atoms with van der Waals surface area (Å²) in [5.41, 5.74) is 7.48. The topological polar surface area (TPSA) is 26.0 Å². The Kier molecular flexibility index (Phi) is 4.06. The van der Waals surface area contributed by atoms with E-state index in [0.29, 0.717) is 5.92 Å². The molecule has 0 amide bonds. The van der Waals surface area contributed by atoms with Crippen LogP contribution in [0.5, 0.6) is 0 Å². The van der Waals surface area contributed by atoms with Crippen LogP contribution < -0.4 is 5.73 Å². The van der Waals surface area contributed by atoms with Crippen molar-refractivity contribution in [3.05, 3.63) is 35.6 Å². The number of nitrogens with two attached hydrogens (primary N) is 1. The number of halogens is 1. The van der Waals surface area contributed by atoms with Gasteiger partial charge in [-0.15, -0.1) is 0 Å². The normalized spacial score (nSPS) is 27.8. The average Bonchev–Trinajstić information content (AvgIpc) is 2.32. The third kappa shape index (κ3) is 3.32. The lowest BCUT2D eigenvalue weighted by Gasteiger charge is -2.38. The first kappa shape index (κ1) is 13.5. The molecule has 0 bridgehead atoms. The Morgan fingerprint density at radius 3 is 2.28 bits per heavy atom. The Morgan fingerprint density at radius 2 is 1.72 bits per heavy atom. The third-order valence-corrected chi connectivity index (χ3v) is 4.45. The van der Waals surface area contributed by atoms with E-state index in [1.807, 2.05) is 12.1 Å². The Morgan fingerprint density at radius 1 is 1.17 bits per heavy atom. The summed E-state index contributed by atoms with van der Waals surface area (Å²) in [5.74, 6) is 1.27. The van der Waals surface area contributed by atoms with Crippen LogP contribution in [0.2, 0.25) is 0 Å². The van der Waals surface area contributed by atoms with E-state index in [0.717, 1.165) is 17.9 Å². The van der Waals surface area contributed by atoms with E-state index in [-0.39, 0.29) is 11.4 Å². The van der Waals surface area contributed by atoms with Crippen molar-refractivity contribution < 1.29 is 4.39 Å². The van der Waals surface area contributed by atoms with Crippen molar-refractivity contribution in [3.63, 3.8) is 0 Å². The summed E-state index contributed by atoms with van der Waals surface area (Å²) in [4.78, 5) is 0. The van der Waals surface area contributed by atoms with E-state index >= 15 is 0 Å². The fourth-order valence-electron chi connectivity index (χ4n) is 3.11. The van der Waals surface area contributed by atoms with Gasteiger partial charge < -0.3 is 5.73 Å². The largest absolute Gasteiger partial charge is 0.325 e. The quantitative estimate of drug-likeness (QED) is 0.863. The molecule has 1 aliphatic rings. The highest BCUT2D eigenvalue weighted by Crippen LogP contribution is 2.35. The van der Waals surface area contributed by atoms with Gasteiger partial charge in [0.25, 0.3) is 0 Å². The summed E-state index contributed by atoms with van der Waals surface area (Å²) in [6.45, 7) is 4.47. The van der Waals surface area contributed by atoms with Crippen molar-refractivity contribution in [2.45, 2.75) is 51.5 Å². The van der Waals surface area contributed by atoms with Crippen LogP contribution in [-0.2, 0) is 6.42 Å². The molecule has 1 atom stereocenters. The van der Waals surface area contributed by atoms with Gasteiger partial charge in [0.1, 0.15) is 5.82 Å². The SMILES string of the molecule is CC1CCC(C(C)(N)Cc2ccc(F)cc2)CC1. The molecule has 0 aliphatic heterocycles. The predicted molar refractivity (Wildman–Crippen MR) is 73.8 cm³/mol. The second-order valence-electron chi connectivity index (χ2n) is 6.27. The second kappa shape index (κ2) is 5.40. The molecule has 1 aliphatic carbocycles. The van der Waals surface area contributed by atoms with Crippen LogP contribution >= 0.6 is 0 Å². The number of hydrogen-bond donors (Lipinski definition) is 1. The van der Waals surface area contributed by atoms with Gasteiger partial charge in [-0.05, 0) is 55.7 Å². The van der Waals surface area contributed by atoms with E-state index in [2.05, 4.69) is 13.8 Å². The molecule has 0 heterocycles. The zero-order chi connectivity index (χ0) is 13.2. The Balaban J connectivity index is 2.00. The molecule has 2 rings (SSSR count). The summed E-state index contributed by atoms with van der Waals surface area (Å²) < 4.78 is 12.9. The number of rotatable bonds is 3. The van der Waals surface area contributed by atoms with Gasteiger partial charge in [0.2, 0.25) is 0 Å². The maximum Gasteiger partial charge on any atom is 0.123 e. The maximum absolute atomic E-state index is 12.9. The molecule has 1 aromatic rings. The van der Waals surface area contributed by atoms with Gasteiger partial charge in [-0.1, -0.05) is 31.9 Å². The van der Waals surface area contributed by atoms with E-state index in [1.165, 1.54) is 37.8 Å². The number of hydrogen-bond acceptors (Lipinski definition) is 1. The summed E-state index contributed by atoms with van der Waals surface area (Å²) in [7, 11) is 0. The van der Waals surface area contributed by atoms with Crippen molar-refractivity contribution in [1.29, 1.82) is 0 Å². The minimum atomic E-state index is -0.177.